The number of halogens is 3. The largest absolute Gasteiger partial charge is 0.506 e. The van der Waals surface area contributed by atoms with Gasteiger partial charge in [0.25, 0.3) is 11.8 Å². The minimum atomic E-state index is -4.45. The summed E-state index contributed by atoms with van der Waals surface area (Å²) in [5.74, 6) is -0.929. The third-order valence-electron chi connectivity index (χ3n) is 5.47. The number of carbonyl (C=O) groups is 2. The molecule has 0 aliphatic carbocycles. The van der Waals surface area contributed by atoms with Crippen molar-refractivity contribution in [2.45, 2.75) is 19.6 Å². The predicted molar refractivity (Wildman–Crippen MR) is 140 cm³/mol. The molecule has 7 nitrogen and oxygen atoms in total. The number of hydrazone groups is 1. The van der Waals surface area contributed by atoms with E-state index < -0.39 is 17.6 Å². The van der Waals surface area contributed by atoms with Crippen LogP contribution in [0.2, 0.25) is 0 Å². The van der Waals surface area contributed by atoms with Crippen molar-refractivity contribution in [1.29, 1.82) is 0 Å². The first-order valence-corrected chi connectivity index (χ1v) is 12.8. The lowest BCUT2D eigenvalue weighted by Crippen LogP contribution is -2.25. The van der Waals surface area contributed by atoms with E-state index >= 15 is 0 Å². The molecular weight excluding hydrogens is 537 g/mol. The Kier molecular flexibility index (Phi) is 7.93. The fourth-order valence-electron chi connectivity index (χ4n) is 3.44. The Hall–Kier alpha value is -4.03. The molecule has 0 spiro atoms. The second-order valence-electron chi connectivity index (χ2n) is 8.19. The number of hydrogen-bond donors (Lipinski definition) is 2. The number of benzene rings is 1. The van der Waals surface area contributed by atoms with E-state index in [9.17, 15) is 27.9 Å². The van der Waals surface area contributed by atoms with Gasteiger partial charge in [0.1, 0.15) is 5.75 Å². The highest BCUT2D eigenvalue weighted by Gasteiger charge is 2.30. The van der Waals surface area contributed by atoms with Gasteiger partial charge < -0.3 is 10.0 Å². The molecule has 196 valence electrons. The van der Waals surface area contributed by atoms with Crippen molar-refractivity contribution in [3.05, 3.63) is 92.7 Å². The first-order valence-electron chi connectivity index (χ1n) is 11.1. The van der Waals surface area contributed by atoms with Gasteiger partial charge in [0.15, 0.2) is 0 Å². The monoisotopic (exact) mass is 558 g/mol. The number of nitrogens with one attached hydrogen (secondary N) is 1. The van der Waals surface area contributed by atoms with Gasteiger partial charge in [-0.05, 0) is 48.9 Å². The number of carbonyl (C=O) groups excluding carboxylic acids is 2. The number of amides is 2. The Labute approximate surface area is 223 Å². The number of aromatic nitrogens is 1. The number of hydrogen-bond acceptors (Lipinski definition) is 7. The molecule has 0 saturated carbocycles. The Bertz CT molecular complexity index is 1480. The summed E-state index contributed by atoms with van der Waals surface area (Å²) >= 11 is 2.16. The quantitative estimate of drug-likeness (QED) is 0.214. The number of alkyl halides is 3. The van der Waals surface area contributed by atoms with Crippen LogP contribution >= 0.6 is 22.7 Å². The molecule has 0 bridgehead atoms. The van der Waals surface area contributed by atoms with Gasteiger partial charge in [-0.15, -0.1) is 22.7 Å². The van der Waals surface area contributed by atoms with Crippen LogP contribution in [0, 0.1) is 0 Å². The number of rotatable bonds is 7. The minimum absolute atomic E-state index is 0.148. The van der Waals surface area contributed by atoms with Crippen LogP contribution in [0.4, 0.5) is 13.2 Å². The Morgan fingerprint density at radius 1 is 1.08 bits per heavy atom. The zero-order valence-electron chi connectivity index (χ0n) is 20.1. The first kappa shape index (κ1) is 27.0. The van der Waals surface area contributed by atoms with Gasteiger partial charge in [-0.1, -0.05) is 18.2 Å². The average Bonchev–Trinajstić information content (AvgIpc) is 3.54. The molecule has 4 rings (SSSR count). The molecule has 0 radical (unpaired) electrons. The van der Waals surface area contributed by atoms with Crippen LogP contribution in [0.15, 0.2) is 71.3 Å². The number of thiophene rings is 2. The maximum atomic E-state index is 12.8. The molecule has 0 fully saturated rings. The fourth-order valence-corrected chi connectivity index (χ4v) is 5.35. The van der Waals surface area contributed by atoms with Gasteiger partial charge in [0, 0.05) is 18.6 Å². The third-order valence-corrected chi connectivity index (χ3v) is 7.56. The van der Waals surface area contributed by atoms with Crippen molar-refractivity contribution in [2.24, 2.45) is 5.10 Å². The molecular formula is C26H21F3N4O3S2. The summed E-state index contributed by atoms with van der Waals surface area (Å²) in [7, 11) is 1.65. The van der Waals surface area contributed by atoms with Gasteiger partial charge in [-0.25, -0.2) is 5.43 Å². The van der Waals surface area contributed by atoms with E-state index in [2.05, 4.69) is 15.5 Å². The van der Waals surface area contributed by atoms with E-state index in [1.54, 1.807) is 37.7 Å². The van der Waals surface area contributed by atoms with Crippen LogP contribution in [0.5, 0.6) is 5.75 Å². The summed E-state index contributed by atoms with van der Waals surface area (Å²) in [6, 6.07) is 13.0. The third kappa shape index (κ3) is 6.09. The van der Waals surface area contributed by atoms with E-state index in [1.807, 2.05) is 12.1 Å². The Morgan fingerprint density at radius 3 is 2.45 bits per heavy atom. The number of pyridine rings is 1. The van der Waals surface area contributed by atoms with E-state index in [4.69, 9.17) is 0 Å². The molecule has 2 amide bonds. The maximum Gasteiger partial charge on any atom is 0.416 e. The lowest BCUT2D eigenvalue weighted by atomic mass is 10.1. The highest BCUT2D eigenvalue weighted by Crippen LogP contribution is 2.40. The van der Waals surface area contributed by atoms with Crippen LogP contribution in [0.3, 0.4) is 0 Å². The van der Waals surface area contributed by atoms with Crippen molar-refractivity contribution in [2.75, 3.05) is 7.05 Å². The second-order valence-corrected chi connectivity index (χ2v) is 10.1. The molecule has 4 aromatic rings. The predicted octanol–water partition coefficient (Wildman–Crippen LogP) is 6.02. The smallest absolute Gasteiger partial charge is 0.416 e. The van der Waals surface area contributed by atoms with E-state index in [0.29, 0.717) is 33.1 Å². The summed E-state index contributed by atoms with van der Waals surface area (Å²) in [6.45, 7) is 1.90. The summed E-state index contributed by atoms with van der Waals surface area (Å²) in [6.07, 6.45) is -2.80. The topological polar surface area (TPSA) is 94.9 Å². The molecule has 38 heavy (non-hydrogen) atoms. The minimum Gasteiger partial charge on any atom is -0.506 e. The first-order chi connectivity index (χ1) is 18.0. The van der Waals surface area contributed by atoms with Gasteiger partial charge in [-0.3, -0.25) is 14.6 Å². The summed E-state index contributed by atoms with van der Waals surface area (Å²) in [5.41, 5.74) is 3.43. The van der Waals surface area contributed by atoms with Gasteiger partial charge in [0.05, 0.1) is 43.7 Å². The van der Waals surface area contributed by atoms with Crippen LogP contribution in [-0.4, -0.2) is 39.6 Å². The van der Waals surface area contributed by atoms with Crippen molar-refractivity contribution in [1.82, 2.24) is 15.3 Å². The summed E-state index contributed by atoms with van der Waals surface area (Å²) in [4.78, 5) is 32.1. The molecule has 1 aromatic carbocycles. The highest BCUT2D eigenvalue weighted by atomic mass is 32.1. The number of nitrogens with zero attached hydrogens (tertiary/aromatic N) is 3. The van der Waals surface area contributed by atoms with Crippen LogP contribution < -0.4 is 5.43 Å². The van der Waals surface area contributed by atoms with Crippen LogP contribution in [0.1, 0.15) is 43.1 Å². The average molecular weight is 559 g/mol. The standard InChI is InChI=1S/C26H21F3N4O3S2/c1-15(19-14-37-23(22(19)34)16-6-8-17(9-7-16)26(27,28)29)31-32-24(35)20-10-11-21(38-20)25(36)33(2)13-18-5-3-4-12-30-18/h3-12,14,34H,13H2,1-2H3,(H,32,35)/b31-15+. The molecule has 3 heterocycles. The van der Waals surface area contributed by atoms with Crippen molar-refractivity contribution < 1.29 is 27.9 Å². The van der Waals surface area contributed by atoms with Crippen molar-refractivity contribution in [3.8, 4) is 16.2 Å². The molecule has 12 heteroatoms. The maximum absolute atomic E-state index is 12.8. The van der Waals surface area contributed by atoms with E-state index in [-0.39, 0.29) is 16.5 Å². The molecule has 3 aromatic heterocycles. The Balaban J connectivity index is 1.41. The zero-order valence-corrected chi connectivity index (χ0v) is 21.7. The van der Waals surface area contributed by atoms with Gasteiger partial charge in [0.2, 0.25) is 0 Å². The number of aromatic hydroxyl groups is 1. The highest BCUT2D eigenvalue weighted by molar-refractivity contribution is 7.16. The van der Waals surface area contributed by atoms with Crippen molar-refractivity contribution >= 4 is 40.2 Å². The molecule has 0 saturated heterocycles. The molecule has 0 unspecified atom stereocenters. The summed E-state index contributed by atoms with van der Waals surface area (Å²) < 4.78 is 38.5. The van der Waals surface area contributed by atoms with Gasteiger partial charge in [-0.2, -0.15) is 18.3 Å². The zero-order chi connectivity index (χ0) is 27.4. The normalized spacial score (nSPS) is 11.9. The van der Waals surface area contributed by atoms with Crippen LogP contribution in [0.25, 0.3) is 10.4 Å². The molecule has 0 aliphatic heterocycles. The lowest BCUT2D eigenvalue weighted by Gasteiger charge is -2.15. The van der Waals surface area contributed by atoms with Crippen LogP contribution in [-0.2, 0) is 12.7 Å². The second kappa shape index (κ2) is 11.2. The fraction of sp³-hybridized carbons (Fsp3) is 0.154. The van der Waals surface area contributed by atoms with Gasteiger partial charge >= 0.3 is 6.18 Å². The molecule has 0 atom stereocenters. The molecule has 0 aliphatic rings. The van der Waals surface area contributed by atoms with Crippen molar-refractivity contribution in [3.63, 3.8) is 0 Å². The van der Waals surface area contributed by atoms with E-state index in [1.165, 1.54) is 23.1 Å². The SMILES string of the molecule is C/C(=N\NC(=O)c1ccc(C(=O)N(C)Cc2ccccn2)s1)c1csc(-c2ccc(C(F)(F)F)cc2)c1O. The molecule has 2 N–H and O–H groups in total. The lowest BCUT2D eigenvalue weighted by molar-refractivity contribution is -0.137. The van der Waals surface area contributed by atoms with E-state index in [0.717, 1.165) is 40.5 Å². The Morgan fingerprint density at radius 2 is 1.79 bits per heavy atom. The summed E-state index contributed by atoms with van der Waals surface area (Å²) in [5, 5.41) is 16.3.